The number of aromatic nitrogens is 2. The molecule has 8 nitrogen and oxygen atoms in total. The van der Waals surface area contributed by atoms with Crippen molar-refractivity contribution in [3.8, 4) is 5.75 Å². The SMILES string of the molecule is COc1ccc2c(c1)c(C1=C(c3cn(CCCCOSC)c4ccccc34)C(=O)NOC1)cn2CCCCOSC. The van der Waals surface area contributed by atoms with Crippen molar-refractivity contribution in [2.45, 2.75) is 38.8 Å². The topological polar surface area (TPSA) is 75.9 Å². The molecule has 218 valence electrons. The molecular weight excluding hydrogens is 558 g/mol. The minimum absolute atomic E-state index is 0.236. The number of hydroxylamine groups is 1. The van der Waals surface area contributed by atoms with E-state index in [1.807, 2.05) is 30.7 Å². The van der Waals surface area contributed by atoms with Gasteiger partial charge in [0.15, 0.2) is 0 Å². The number of hydrogen-bond donors (Lipinski definition) is 1. The van der Waals surface area contributed by atoms with Crippen molar-refractivity contribution in [3.63, 3.8) is 0 Å². The number of nitrogens with one attached hydrogen (secondary N) is 1. The summed E-state index contributed by atoms with van der Waals surface area (Å²) >= 11 is 2.80. The van der Waals surface area contributed by atoms with Gasteiger partial charge in [-0.3, -0.25) is 9.63 Å². The summed E-state index contributed by atoms with van der Waals surface area (Å²) in [4.78, 5) is 19.2. The quantitative estimate of drug-likeness (QED) is 0.121. The highest BCUT2D eigenvalue weighted by Crippen LogP contribution is 2.39. The normalized spacial score (nSPS) is 13.9. The summed E-state index contributed by atoms with van der Waals surface area (Å²) in [5.41, 5.74) is 8.24. The molecule has 2 aromatic carbocycles. The zero-order chi connectivity index (χ0) is 28.6. The first-order valence-corrected chi connectivity index (χ1v) is 16.2. The minimum Gasteiger partial charge on any atom is -0.497 e. The molecule has 5 rings (SSSR count). The van der Waals surface area contributed by atoms with E-state index in [2.05, 4.69) is 51.3 Å². The van der Waals surface area contributed by atoms with Gasteiger partial charge >= 0.3 is 0 Å². The minimum atomic E-state index is -0.236. The molecule has 1 N–H and O–H groups in total. The van der Waals surface area contributed by atoms with Crippen LogP contribution >= 0.6 is 24.1 Å². The van der Waals surface area contributed by atoms with Crippen LogP contribution in [0.5, 0.6) is 5.75 Å². The molecule has 0 unspecified atom stereocenters. The zero-order valence-corrected chi connectivity index (χ0v) is 25.4. The van der Waals surface area contributed by atoms with E-state index >= 15 is 0 Å². The Morgan fingerprint density at radius 3 is 2.20 bits per heavy atom. The Hall–Kier alpha value is -2.89. The largest absolute Gasteiger partial charge is 0.497 e. The van der Waals surface area contributed by atoms with Crippen LogP contribution in [0.3, 0.4) is 0 Å². The van der Waals surface area contributed by atoms with E-state index in [9.17, 15) is 4.79 Å². The summed E-state index contributed by atoms with van der Waals surface area (Å²) < 4.78 is 21.0. The number of rotatable bonds is 15. The third-order valence-electron chi connectivity index (χ3n) is 7.37. The molecule has 41 heavy (non-hydrogen) atoms. The number of amides is 1. The molecular formula is C31H37N3O5S2. The van der Waals surface area contributed by atoms with Crippen LogP contribution < -0.4 is 10.2 Å². The second-order valence-corrected chi connectivity index (χ2v) is 11.0. The number of hydrogen-bond acceptors (Lipinski definition) is 7. The number of carbonyl (C=O) groups excluding carboxylic acids is 1. The maximum absolute atomic E-state index is 13.5. The maximum Gasteiger partial charge on any atom is 0.275 e. The van der Waals surface area contributed by atoms with Crippen LogP contribution in [0.1, 0.15) is 36.8 Å². The van der Waals surface area contributed by atoms with Gasteiger partial charge in [0.1, 0.15) is 12.4 Å². The molecule has 0 spiro atoms. The van der Waals surface area contributed by atoms with Crippen LogP contribution in [-0.2, 0) is 31.1 Å². The highest BCUT2D eigenvalue weighted by Gasteiger charge is 2.28. The molecule has 0 saturated heterocycles. The predicted molar refractivity (Wildman–Crippen MR) is 169 cm³/mol. The second kappa shape index (κ2) is 14.3. The van der Waals surface area contributed by atoms with Crippen molar-refractivity contribution in [2.75, 3.05) is 39.4 Å². The standard InChI is InChI=1S/C31H37N3O5S2/c1-36-22-12-13-29-24(18-22)25(19-33(29)14-6-8-16-38-40-2)27-21-37-32-31(35)30(27)26-20-34(15-7-9-17-39-41-3)28-11-5-4-10-23(26)28/h4-5,10-13,18-20H,6-9,14-17,21H2,1-3H3,(H,32,35). The van der Waals surface area contributed by atoms with Crippen LogP contribution in [0, 0.1) is 0 Å². The number of carbonyl (C=O) groups is 1. The van der Waals surface area contributed by atoms with Gasteiger partial charge < -0.3 is 22.2 Å². The van der Waals surface area contributed by atoms with E-state index in [0.29, 0.717) is 5.57 Å². The Balaban J connectivity index is 1.58. The lowest BCUT2D eigenvalue weighted by Gasteiger charge is -2.20. The van der Waals surface area contributed by atoms with Crippen molar-refractivity contribution < 1.29 is 22.7 Å². The smallest absolute Gasteiger partial charge is 0.275 e. The van der Waals surface area contributed by atoms with Gasteiger partial charge in [0, 0.05) is 76.5 Å². The van der Waals surface area contributed by atoms with E-state index in [1.165, 1.54) is 24.1 Å². The fraction of sp³-hybridized carbons (Fsp3) is 0.387. The lowest BCUT2D eigenvalue weighted by Crippen LogP contribution is -2.31. The van der Waals surface area contributed by atoms with Gasteiger partial charge in [-0.15, -0.1) is 0 Å². The van der Waals surface area contributed by atoms with Crippen LogP contribution in [0.15, 0.2) is 54.9 Å². The summed E-state index contributed by atoms with van der Waals surface area (Å²) in [7, 11) is 1.67. The Kier molecular flexibility index (Phi) is 10.3. The third-order valence-corrected chi connectivity index (χ3v) is 8.18. The van der Waals surface area contributed by atoms with Gasteiger partial charge in [-0.1, -0.05) is 18.2 Å². The van der Waals surface area contributed by atoms with E-state index in [4.69, 9.17) is 17.9 Å². The van der Waals surface area contributed by atoms with Crippen molar-refractivity contribution in [1.29, 1.82) is 0 Å². The lowest BCUT2D eigenvalue weighted by atomic mass is 9.93. The molecule has 0 aliphatic carbocycles. The van der Waals surface area contributed by atoms with Gasteiger partial charge in [-0.05, 0) is 74.0 Å². The van der Waals surface area contributed by atoms with Crippen LogP contribution in [-0.4, -0.2) is 54.5 Å². The fourth-order valence-electron chi connectivity index (χ4n) is 5.44. The second-order valence-electron chi connectivity index (χ2n) is 9.84. The van der Waals surface area contributed by atoms with E-state index in [1.54, 1.807) is 7.11 Å². The highest BCUT2D eigenvalue weighted by atomic mass is 32.2. The molecule has 2 aromatic heterocycles. The van der Waals surface area contributed by atoms with Crippen molar-refractivity contribution in [1.82, 2.24) is 14.6 Å². The van der Waals surface area contributed by atoms with Gasteiger partial charge in [-0.25, -0.2) is 5.48 Å². The molecule has 0 atom stereocenters. The molecule has 1 amide bonds. The number of benzene rings is 2. The first-order valence-electron chi connectivity index (χ1n) is 13.9. The molecule has 0 fully saturated rings. The van der Waals surface area contributed by atoms with Crippen molar-refractivity contribution in [2.24, 2.45) is 0 Å². The number of methoxy groups -OCH3 is 1. The summed E-state index contributed by atoms with van der Waals surface area (Å²) in [5.74, 6) is 0.538. The summed E-state index contributed by atoms with van der Waals surface area (Å²) in [6.07, 6.45) is 12.0. The fourth-order valence-corrected chi connectivity index (χ4v) is 6.01. The van der Waals surface area contributed by atoms with E-state index < -0.39 is 0 Å². The number of fused-ring (bicyclic) bond motifs is 2. The molecule has 1 aliphatic rings. The van der Waals surface area contributed by atoms with Crippen LogP contribution in [0.25, 0.3) is 33.0 Å². The maximum atomic E-state index is 13.5. The molecule has 0 saturated carbocycles. The number of aryl methyl sites for hydroxylation is 2. The van der Waals surface area contributed by atoms with E-state index in [0.717, 1.165) is 96.2 Å². The van der Waals surface area contributed by atoms with Gasteiger partial charge in [0.25, 0.3) is 5.91 Å². The zero-order valence-electron chi connectivity index (χ0n) is 23.8. The van der Waals surface area contributed by atoms with Crippen molar-refractivity contribution >= 4 is 62.9 Å². The summed E-state index contributed by atoms with van der Waals surface area (Å²) in [6.45, 7) is 3.40. The Labute approximate surface area is 249 Å². The molecule has 10 heteroatoms. The molecule has 3 heterocycles. The molecule has 0 radical (unpaired) electrons. The summed E-state index contributed by atoms with van der Waals surface area (Å²) in [5, 5.41) is 2.08. The first-order chi connectivity index (χ1) is 20.2. The summed E-state index contributed by atoms with van der Waals surface area (Å²) in [6, 6.07) is 14.4. The Morgan fingerprint density at radius 2 is 1.51 bits per heavy atom. The van der Waals surface area contributed by atoms with Crippen LogP contribution in [0.4, 0.5) is 0 Å². The highest BCUT2D eigenvalue weighted by molar-refractivity contribution is 7.94. The molecule has 0 bridgehead atoms. The first kappa shape index (κ1) is 29.6. The average molecular weight is 596 g/mol. The van der Waals surface area contributed by atoms with Gasteiger partial charge in [0.2, 0.25) is 0 Å². The Morgan fingerprint density at radius 1 is 0.854 bits per heavy atom. The number of unbranched alkanes of at least 4 members (excludes halogenated alkanes) is 2. The molecule has 1 aliphatic heterocycles. The predicted octanol–water partition coefficient (Wildman–Crippen LogP) is 6.73. The lowest BCUT2D eigenvalue weighted by molar-refractivity contribution is -0.127. The monoisotopic (exact) mass is 595 g/mol. The van der Waals surface area contributed by atoms with Gasteiger partial charge in [-0.2, -0.15) is 0 Å². The third kappa shape index (κ3) is 6.62. The van der Waals surface area contributed by atoms with Crippen LogP contribution in [0.2, 0.25) is 0 Å². The Bertz CT molecular complexity index is 1530. The average Bonchev–Trinajstić information content (AvgIpc) is 3.54. The van der Waals surface area contributed by atoms with Gasteiger partial charge in [0.05, 0.1) is 25.9 Å². The van der Waals surface area contributed by atoms with E-state index in [-0.39, 0.29) is 12.5 Å². The molecule has 4 aromatic rings. The number of para-hydroxylation sites is 1. The number of ether oxygens (including phenoxy) is 1. The number of nitrogens with zero attached hydrogens (tertiary/aromatic N) is 2. The van der Waals surface area contributed by atoms with Crippen molar-refractivity contribution in [3.05, 3.63) is 66.0 Å².